The first kappa shape index (κ1) is 16.6. The summed E-state index contributed by atoms with van der Waals surface area (Å²) in [5, 5.41) is 5.61. The Morgan fingerprint density at radius 1 is 1.31 bits per heavy atom. The van der Waals surface area contributed by atoms with Crippen molar-refractivity contribution < 1.29 is 18.4 Å². The topological polar surface area (TPSA) is 74.6 Å². The molecule has 2 heterocycles. The molecular formula is C19H20FN3O3. The summed E-state index contributed by atoms with van der Waals surface area (Å²) in [5.74, 6) is 0.268. The number of nitrogens with zero attached hydrogens (tertiary/aromatic N) is 1. The molecule has 1 aromatic heterocycles. The number of anilines is 1. The van der Waals surface area contributed by atoms with Crippen LogP contribution in [0.5, 0.6) is 0 Å². The van der Waals surface area contributed by atoms with E-state index in [0.29, 0.717) is 25.3 Å². The van der Waals surface area contributed by atoms with Gasteiger partial charge in [0.05, 0.1) is 12.8 Å². The van der Waals surface area contributed by atoms with E-state index >= 15 is 0 Å². The molecule has 0 bridgehead atoms. The van der Waals surface area contributed by atoms with Crippen molar-refractivity contribution in [3.63, 3.8) is 0 Å². The average molecular weight is 357 g/mol. The van der Waals surface area contributed by atoms with Crippen LogP contribution in [-0.4, -0.2) is 29.9 Å². The Labute approximate surface area is 150 Å². The Bertz CT molecular complexity index is 823. The Balaban J connectivity index is 1.29. The molecule has 1 saturated carbocycles. The zero-order valence-corrected chi connectivity index (χ0v) is 14.2. The third-order valence-corrected chi connectivity index (χ3v) is 5.27. The lowest BCUT2D eigenvalue weighted by atomic mass is 10.0. The van der Waals surface area contributed by atoms with Crippen molar-refractivity contribution in [3.8, 4) is 0 Å². The maximum atomic E-state index is 13.2. The van der Waals surface area contributed by atoms with E-state index in [9.17, 15) is 14.0 Å². The Kier molecular flexibility index (Phi) is 4.14. The van der Waals surface area contributed by atoms with E-state index < -0.39 is 5.82 Å². The molecule has 1 aliphatic carbocycles. The van der Waals surface area contributed by atoms with Crippen molar-refractivity contribution in [2.75, 3.05) is 18.4 Å². The van der Waals surface area contributed by atoms with E-state index in [4.69, 9.17) is 4.42 Å². The van der Waals surface area contributed by atoms with Crippen LogP contribution >= 0.6 is 0 Å². The molecule has 2 aliphatic rings. The Hall–Kier alpha value is -2.83. The van der Waals surface area contributed by atoms with Gasteiger partial charge in [0.2, 0.25) is 5.91 Å². The van der Waals surface area contributed by atoms with Crippen LogP contribution in [0.3, 0.4) is 0 Å². The van der Waals surface area contributed by atoms with Gasteiger partial charge in [-0.1, -0.05) is 6.07 Å². The number of amides is 3. The molecule has 2 fully saturated rings. The monoisotopic (exact) mass is 357 g/mol. The summed E-state index contributed by atoms with van der Waals surface area (Å²) < 4.78 is 18.4. The first-order valence-corrected chi connectivity index (χ1v) is 8.67. The van der Waals surface area contributed by atoms with Crippen molar-refractivity contribution in [2.45, 2.75) is 19.4 Å². The molecule has 0 unspecified atom stereocenters. The second-order valence-electron chi connectivity index (χ2n) is 7.03. The van der Waals surface area contributed by atoms with E-state index in [0.717, 1.165) is 18.6 Å². The molecule has 2 atom stereocenters. The molecule has 3 amide bonds. The first-order valence-electron chi connectivity index (χ1n) is 8.67. The molecule has 1 saturated heterocycles. The smallest absolute Gasteiger partial charge is 0.321 e. The highest BCUT2D eigenvalue weighted by Gasteiger charge is 2.61. The predicted octanol–water partition coefficient (Wildman–Crippen LogP) is 2.98. The van der Waals surface area contributed by atoms with E-state index in [1.54, 1.807) is 29.4 Å². The molecule has 2 aromatic rings. The van der Waals surface area contributed by atoms with E-state index in [-0.39, 0.29) is 23.3 Å². The molecular weight excluding hydrogens is 337 g/mol. The van der Waals surface area contributed by atoms with Crippen LogP contribution < -0.4 is 10.6 Å². The number of benzene rings is 1. The van der Waals surface area contributed by atoms with Gasteiger partial charge in [0.25, 0.3) is 0 Å². The Morgan fingerprint density at radius 2 is 2.19 bits per heavy atom. The lowest BCUT2D eigenvalue weighted by Gasteiger charge is -2.17. The van der Waals surface area contributed by atoms with Gasteiger partial charge in [0.15, 0.2) is 0 Å². The summed E-state index contributed by atoms with van der Waals surface area (Å²) in [6, 6.07) is 9.16. The molecule has 2 N–H and O–H groups in total. The quantitative estimate of drug-likeness (QED) is 0.883. The van der Waals surface area contributed by atoms with Crippen LogP contribution in [0.25, 0.3) is 0 Å². The van der Waals surface area contributed by atoms with E-state index in [1.165, 1.54) is 12.1 Å². The minimum atomic E-state index is -0.392. The lowest BCUT2D eigenvalue weighted by Crippen LogP contribution is -2.34. The van der Waals surface area contributed by atoms with Gasteiger partial charge in [-0.3, -0.25) is 4.79 Å². The van der Waals surface area contributed by atoms with Crippen LogP contribution in [0.4, 0.5) is 14.9 Å². The summed E-state index contributed by atoms with van der Waals surface area (Å²) in [6.45, 7) is 1.53. The number of hydrogen-bond acceptors (Lipinski definition) is 3. The minimum Gasteiger partial charge on any atom is -0.467 e. The summed E-state index contributed by atoms with van der Waals surface area (Å²) in [6.07, 6.45) is 3.18. The van der Waals surface area contributed by atoms with Gasteiger partial charge in [0.1, 0.15) is 11.6 Å². The molecule has 0 radical (unpaired) electrons. The Morgan fingerprint density at radius 3 is 2.96 bits per heavy atom. The van der Waals surface area contributed by atoms with Gasteiger partial charge in [-0.25, -0.2) is 9.18 Å². The largest absolute Gasteiger partial charge is 0.467 e. The van der Waals surface area contributed by atoms with Crippen LogP contribution in [-0.2, 0) is 11.3 Å². The van der Waals surface area contributed by atoms with Crippen LogP contribution in [0.2, 0.25) is 0 Å². The maximum absolute atomic E-state index is 13.2. The second kappa shape index (κ2) is 6.48. The van der Waals surface area contributed by atoms with Crippen LogP contribution in [0.15, 0.2) is 47.1 Å². The molecule has 7 heteroatoms. The SMILES string of the molecule is O=C(NCc1ccco1)[C@@H]1C[C@@]12CCN(C(=O)Nc1cccc(F)c1)C2. The van der Waals surface area contributed by atoms with Gasteiger partial charge in [-0.2, -0.15) is 0 Å². The van der Waals surface area contributed by atoms with Gasteiger partial charge in [-0.05, 0) is 43.2 Å². The highest BCUT2D eigenvalue weighted by Crippen LogP contribution is 2.58. The number of likely N-dealkylation sites (tertiary alicyclic amines) is 1. The molecule has 4 rings (SSSR count). The molecule has 1 aliphatic heterocycles. The summed E-state index contributed by atoms with van der Waals surface area (Å²) in [5.41, 5.74) is 0.312. The number of halogens is 1. The minimum absolute atomic E-state index is 0.00814. The average Bonchev–Trinajstić information content (AvgIpc) is 2.97. The maximum Gasteiger partial charge on any atom is 0.321 e. The van der Waals surface area contributed by atoms with Crippen molar-refractivity contribution in [1.29, 1.82) is 0 Å². The zero-order chi connectivity index (χ0) is 18.1. The number of carbonyl (C=O) groups is 2. The van der Waals surface area contributed by atoms with Crippen LogP contribution in [0, 0.1) is 17.2 Å². The van der Waals surface area contributed by atoms with Gasteiger partial charge in [-0.15, -0.1) is 0 Å². The van der Waals surface area contributed by atoms with Crippen molar-refractivity contribution in [1.82, 2.24) is 10.2 Å². The van der Waals surface area contributed by atoms with Gasteiger partial charge in [0, 0.05) is 30.1 Å². The number of rotatable bonds is 4. The summed E-state index contributed by atoms with van der Waals surface area (Å²) in [7, 11) is 0. The molecule has 136 valence electrons. The first-order chi connectivity index (χ1) is 12.6. The normalized spacial score (nSPS) is 23.9. The molecule has 26 heavy (non-hydrogen) atoms. The lowest BCUT2D eigenvalue weighted by molar-refractivity contribution is -0.123. The van der Waals surface area contributed by atoms with Crippen molar-refractivity contribution >= 4 is 17.6 Å². The number of carbonyl (C=O) groups excluding carboxylic acids is 2. The number of furan rings is 1. The highest BCUT2D eigenvalue weighted by molar-refractivity contribution is 5.90. The fourth-order valence-electron chi connectivity index (χ4n) is 3.72. The van der Waals surface area contributed by atoms with Crippen molar-refractivity contribution in [2.24, 2.45) is 11.3 Å². The molecule has 1 aromatic carbocycles. The number of nitrogens with one attached hydrogen (secondary N) is 2. The molecule has 1 spiro atoms. The fraction of sp³-hybridized carbons (Fsp3) is 0.368. The third-order valence-electron chi connectivity index (χ3n) is 5.27. The standard InChI is InChI=1S/C19H20FN3O3/c20-13-3-1-4-14(9-13)22-18(25)23-7-6-19(12-23)10-16(19)17(24)21-11-15-5-2-8-26-15/h1-5,8-9,16H,6-7,10-12H2,(H,21,24)(H,22,25)/t16-,19+/m0/s1. The predicted molar refractivity (Wildman–Crippen MR) is 92.7 cm³/mol. The second-order valence-corrected chi connectivity index (χ2v) is 7.03. The van der Waals surface area contributed by atoms with Crippen LogP contribution in [0.1, 0.15) is 18.6 Å². The van der Waals surface area contributed by atoms with Gasteiger partial charge >= 0.3 is 6.03 Å². The van der Waals surface area contributed by atoms with E-state index in [1.807, 2.05) is 6.07 Å². The fourth-order valence-corrected chi connectivity index (χ4v) is 3.72. The summed E-state index contributed by atoms with van der Waals surface area (Å²) >= 11 is 0. The third kappa shape index (κ3) is 3.29. The number of hydrogen-bond donors (Lipinski definition) is 2. The van der Waals surface area contributed by atoms with E-state index in [2.05, 4.69) is 10.6 Å². The van der Waals surface area contributed by atoms with Gasteiger partial charge < -0.3 is 20.0 Å². The number of urea groups is 1. The molecule has 6 nitrogen and oxygen atoms in total. The highest BCUT2D eigenvalue weighted by atomic mass is 19.1. The zero-order valence-electron chi connectivity index (χ0n) is 14.2. The van der Waals surface area contributed by atoms with Crippen molar-refractivity contribution in [3.05, 3.63) is 54.2 Å². The summed E-state index contributed by atoms with van der Waals surface area (Å²) in [4.78, 5) is 26.4.